The molecule has 5 nitrogen and oxygen atoms in total. The van der Waals surface area contributed by atoms with Crippen molar-refractivity contribution < 1.29 is 23.4 Å². The van der Waals surface area contributed by atoms with Crippen LogP contribution in [0.25, 0.3) is 0 Å². The molecule has 6 heteroatoms. The molecule has 0 atom stereocenters. The van der Waals surface area contributed by atoms with Crippen LogP contribution < -0.4 is 4.74 Å². The van der Waals surface area contributed by atoms with Gasteiger partial charge in [0.1, 0.15) is 6.61 Å². The van der Waals surface area contributed by atoms with Gasteiger partial charge in [0.15, 0.2) is 11.6 Å². The number of carbonyl (C=O) groups is 1. The maximum absolute atomic E-state index is 13.4. The van der Waals surface area contributed by atoms with Crippen LogP contribution in [0.15, 0.2) is 24.3 Å². The Morgan fingerprint density at radius 3 is 2.52 bits per heavy atom. The average molecular weight is 299 g/mol. The van der Waals surface area contributed by atoms with Crippen LogP contribution >= 0.6 is 0 Å². The molecule has 0 N–H and O–H groups in total. The fourth-order valence-electron chi connectivity index (χ4n) is 1.75. The second-order valence-corrected chi connectivity index (χ2v) is 4.44. The quantitative estimate of drug-likeness (QED) is 0.616. The Morgan fingerprint density at radius 1 is 1.14 bits per heavy atom. The van der Waals surface area contributed by atoms with E-state index in [1.165, 1.54) is 13.2 Å². The summed E-state index contributed by atoms with van der Waals surface area (Å²) in [4.78, 5) is 13.2. The number of esters is 1. The Morgan fingerprint density at radius 2 is 1.86 bits per heavy atom. The summed E-state index contributed by atoms with van der Waals surface area (Å²) in [5, 5.41) is 0. The van der Waals surface area contributed by atoms with Crippen molar-refractivity contribution in [2.24, 2.45) is 0 Å². The van der Waals surface area contributed by atoms with Gasteiger partial charge in [0.2, 0.25) is 0 Å². The smallest absolute Gasteiger partial charge is 0.306 e. The summed E-state index contributed by atoms with van der Waals surface area (Å²) in [6.45, 7) is 2.70. The van der Waals surface area contributed by atoms with Crippen LogP contribution in [0.4, 0.5) is 4.39 Å². The maximum Gasteiger partial charge on any atom is 0.306 e. The molecule has 1 aromatic rings. The van der Waals surface area contributed by atoms with Crippen molar-refractivity contribution in [3.8, 4) is 5.75 Å². The van der Waals surface area contributed by atoms with Gasteiger partial charge in [-0.05, 0) is 12.1 Å². The van der Waals surface area contributed by atoms with E-state index in [0.29, 0.717) is 39.3 Å². The lowest BCUT2D eigenvalue weighted by Gasteiger charge is -2.21. The summed E-state index contributed by atoms with van der Waals surface area (Å²) in [5.74, 6) is -0.403. The molecule has 21 heavy (non-hydrogen) atoms. The minimum atomic E-state index is -0.379. The Hall–Kier alpha value is -1.66. The molecule has 0 aliphatic carbocycles. The van der Waals surface area contributed by atoms with Crippen LogP contribution in [0.2, 0.25) is 0 Å². The number of rotatable bonds is 10. The van der Waals surface area contributed by atoms with Crippen LogP contribution in [0, 0.1) is 5.82 Å². The first-order valence-electron chi connectivity index (χ1n) is 6.82. The van der Waals surface area contributed by atoms with Crippen molar-refractivity contribution in [1.29, 1.82) is 0 Å². The summed E-state index contributed by atoms with van der Waals surface area (Å²) in [6, 6.07) is 6.28. The second kappa shape index (κ2) is 10.1. The monoisotopic (exact) mass is 299 g/mol. The lowest BCUT2D eigenvalue weighted by molar-refractivity contribution is -0.141. The van der Waals surface area contributed by atoms with Crippen LogP contribution in [0.1, 0.15) is 6.42 Å². The fourth-order valence-corrected chi connectivity index (χ4v) is 1.75. The number of benzene rings is 1. The van der Waals surface area contributed by atoms with E-state index in [4.69, 9.17) is 9.47 Å². The Balaban J connectivity index is 2.37. The molecule has 0 unspecified atom stereocenters. The van der Waals surface area contributed by atoms with Crippen LogP contribution in [-0.2, 0) is 14.3 Å². The number of hydrogen-bond donors (Lipinski definition) is 0. The zero-order chi connectivity index (χ0) is 15.5. The Kier molecular flexibility index (Phi) is 8.38. The molecule has 0 saturated heterocycles. The Bertz CT molecular complexity index is 428. The number of hydrogen-bond acceptors (Lipinski definition) is 5. The van der Waals surface area contributed by atoms with Crippen molar-refractivity contribution in [3.63, 3.8) is 0 Å². The molecule has 0 aliphatic rings. The van der Waals surface area contributed by atoms with Gasteiger partial charge in [0.05, 0.1) is 20.1 Å². The molecule has 0 amide bonds. The highest BCUT2D eigenvalue weighted by atomic mass is 19.1. The molecule has 0 radical (unpaired) electrons. The van der Waals surface area contributed by atoms with Crippen LogP contribution in [-0.4, -0.2) is 57.9 Å². The molecule has 118 valence electrons. The predicted octanol–water partition coefficient (Wildman–Crippen LogP) is 1.72. The summed E-state index contributed by atoms with van der Waals surface area (Å²) in [5.41, 5.74) is 0. The zero-order valence-electron chi connectivity index (χ0n) is 12.5. The van der Waals surface area contributed by atoms with Gasteiger partial charge < -0.3 is 14.2 Å². The summed E-state index contributed by atoms with van der Waals surface area (Å²) >= 11 is 0. The highest BCUT2D eigenvalue weighted by Gasteiger charge is 2.09. The van der Waals surface area contributed by atoms with Gasteiger partial charge in [-0.25, -0.2) is 4.39 Å². The lowest BCUT2D eigenvalue weighted by atomic mass is 10.3. The van der Waals surface area contributed by atoms with E-state index in [9.17, 15) is 9.18 Å². The van der Waals surface area contributed by atoms with Gasteiger partial charge in [-0.1, -0.05) is 12.1 Å². The van der Waals surface area contributed by atoms with Gasteiger partial charge in [-0.2, -0.15) is 0 Å². The van der Waals surface area contributed by atoms with Gasteiger partial charge in [-0.3, -0.25) is 9.69 Å². The lowest BCUT2D eigenvalue weighted by Crippen LogP contribution is -2.33. The molecule has 0 aliphatic heterocycles. The first-order chi connectivity index (χ1) is 10.2. The fraction of sp³-hybridized carbons (Fsp3) is 0.533. The summed E-state index contributed by atoms with van der Waals surface area (Å²) < 4.78 is 28.5. The zero-order valence-corrected chi connectivity index (χ0v) is 12.5. The van der Waals surface area contributed by atoms with Crippen molar-refractivity contribution in [3.05, 3.63) is 30.1 Å². The van der Waals surface area contributed by atoms with E-state index >= 15 is 0 Å². The third-order valence-electron chi connectivity index (χ3n) is 2.97. The van der Waals surface area contributed by atoms with Crippen LogP contribution in [0.5, 0.6) is 5.75 Å². The van der Waals surface area contributed by atoms with E-state index < -0.39 is 0 Å². The van der Waals surface area contributed by atoms with Crippen molar-refractivity contribution in [2.45, 2.75) is 6.42 Å². The summed E-state index contributed by atoms with van der Waals surface area (Å²) in [6.07, 6.45) is 0.305. The third kappa shape index (κ3) is 7.06. The van der Waals surface area contributed by atoms with Gasteiger partial charge in [0, 0.05) is 26.7 Å². The summed E-state index contributed by atoms with van der Waals surface area (Å²) in [7, 11) is 2.98. The highest BCUT2D eigenvalue weighted by molar-refractivity contribution is 5.69. The molecule has 0 heterocycles. The van der Waals surface area contributed by atoms with Gasteiger partial charge >= 0.3 is 5.97 Å². The van der Waals surface area contributed by atoms with E-state index in [2.05, 4.69) is 4.74 Å². The number of carbonyl (C=O) groups excluding carboxylic acids is 1. The molecule has 0 aromatic heterocycles. The number of halogens is 1. The Labute approximate surface area is 124 Å². The largest absolute Gasteiger partial charge is 0.489 e. The van der Waals surface area contributed by atoms with E-state index in [-0.39, 0.29) is 17.5 Å². The molecular weight excluding hydrogens is 277 g/mol. The van der Waals surface area contributed by atoms with Gasteiger partial charge in [-0.15, -0.1) is 0 Å². The molecule has 0 fully saturated rings. The van der Waals surface area contributed by atoms with Crippen LogP contribution in [0.3, 0.4) is 0 Å². The highest BCUT2D eigenvalue weighted by Crippen LogP contribution is 2.15. The predicted molar refractivity (Wildman–Crippen MR) is 76.8 cm³/mol. The standard InChI is InChI=1S/C15H22FNO4/c1-19-11-9-17(8-7-15(18)20-2)10-12-21-14-6-4-3-5-13(14)16/h3-6H,7-12H2,1-2H3. The van der Waals surface area contributed by atoms with Crippen molar-refractivity contribution in [1.82, 2.24) is 4.90 Å². The molecule has 0 spiro atoms. The van der Waals surface area contributed by atoms with E-state index in [0.717, 1.165) is 0 Å². The first-order valence-corrected chi connectivity index (χ1v) is 6.82. The van der Waals surface area contributed by atoms with Crippen molar-refractivity contribution in [2.75, 3.05) is 47.1 Å². The first kappa shape index (κ1) is 17.4. The molecular formula is C15H22FNO4. The number of methoxy groups -OCH3 is 2. The number of ether oxygens (including phenoxy) is 3. The minimum Gasteiger partial charge on any atom is -0.489 e. The maximum atomic E-state index is 13.4. The van der Waals surface area contributed by atoms with Gasteiger partial charge in [0.25, 0.3) is 0 Å². The van der Waals surface area contributed by atoms with Crippen molar-refractivity contribution >= 4 is 5.97 Å². The normalized spacial score (nSPS) is 10.7. The van der Waals surface area contributed by atoms with E-state index in [1.54, 1.807) is 25.3 Å². The molecule has 1 aromatic carbocycles. The minimum absolute atomic E-state index is 0.233. The topological polar surface area (TPSA) is 48.0 Å². The molecule has 1 rings (SSSR count). The average Bonchev–Trinajstić information content (AvgIpc) is 2.50. The van der Waals surface area contributed by atoms with E-state index in [1.807, 2.05) is 4.90 Å². The molecule has 0 saturated carbocycles. The second-order valence-electron chi connectivity index (χ2n) is 4.44. The third-order valence-corrected chi connectivity index (χ3v) is 2.97. The SMILES string of the molecule is COCCN(CCOc1ccccc1F)CCC(=O)OC. The molecule has 0 bridgehead atoms. The number of nitrogens with zero attached hydrogens (tertiary/aromatic N) is 1. The number of para-hydroxylation sites is 1.